The molecule has 0 aromatic rings. The van der Waals surface area contributed by atoms with E-state index in [1.54, 1.807) is 41.5 Å². The summed E-state index contributed by atoms with van der Waals surface area (Å²) in [4.78, 5) is 23.8. The largest absolute Gasteiger partial charge is 0.458 e. The molecule has 1 aliphatic rings. The van der Waals surface area contributed by atoms with Crippen molar-refractivity contribution in [3.8, 4) is 0 Å². The highest BCUT2D eigenvalue weighted by Gasteiger charge is 2.34. The molecule has 0 aliphatic carbocycles. The Morgan fingerprint density at radius 1 is 1.20 bits per heavy atom. The van der Waals surface area contributed by atoms with Gasteiger partial charge in [-0.15, -0.1) is 0 Å². The molecule has 1 saturated heterocycles. The van der Waals surface area contributed by atoms with Crippen molar-refractivity contribution >= 4 is 12.1 Å². The van der Waals surface area contributed by atoms with Crippen LogP contribution in [0.5, 0.6) is 0 Å². The smallest absolute Gasteiger partial charge is 0.408 e. The van der Waals surface area contributed by atoms with E-state index < -0.39 is 29.3 Å². The number of alkyl carbamates (subject to hydrolysis) is 1. The van der Waals surface area contributed by atoms with E-state index in [1.807, 2.05) is 0 Å². The van der Waals surface area contributed by atoms with Gasteiger partial charge in [0.05, 0.1) is 12.7 Å². The van der Waals surface area contributed by atoms with Crippen molar-refractivity contribution < 1.29 is 25.2 Å². The van der Waals surface area contributed by atoms with E-state index in [9.17, 15) is 9.59 Å². The minimum Gasteiger partial charge on any atom is -0.458 e. The molecule has 0 radical (unpaired) electrons. The average Bonchev–Trinajstić information content (AvgIpc) is 2.94. The van der Waals surface area contributed by atoms with E-state index >= 15 is 0 Å². The fourth-order valence-corrected chi connectivity index (χ4v) is 1.50. The van der Waals surface area contributed by atoms with Crippen molar-refractivity contribution in [3.05, 3.63) is 0 Å². The second-order valence-corrected chi connectivity index (χ2v) is 6.92. The topological polar surface area (TPSA) is 77.2 Å². The molecule has 1 heterocycles. The molecule has 1 fully saturated rings. The molecule has 0 bridgehead atoms. The van der Waals surface area contributed by atoms with Crippen LogP contribution in [0.2, 0.25) is 0 Å². The van der Waals surface area contributed by atoms with Crippen molar-refractivity contribution in [1.82, 2.24) is 5.32 Å². The highest BCUT2D eigenvalue weighted by Crippen LogP contribution is 2.19. The van der Waals surface area contributed by atoms with Gasteiger partial charge in [-0.2, -0.15) is 0 Å². The van der Waals surface area contributed by atoms with Gasteiger partial charge in [-0.1, -0.05) is 0 Å². The van der Waals surface area contributed by atoms with Gasteiger partial charge in [0.1, 0.15) is 17.2 Å². The highest BCUT2D eigenvalue weighted by atomic mass is 16.6. The van der Waals surface area contributed by atoms with Crippen LogP contribution in [0.1, 0.15) is 49.4 Å². The molecule has 20 heavy (non-hydrogen) atoms. The predicted molar refractivity (Wildman–Crippen MR) is 75.5 cm³/mol. The Bertz CT molecular complexity index is 369. The zero-order valence-electron chi connectivity index (χ0n) is 13.1. The minimum absolute atomic E-state index is 0. The lowest BCUT2D eigenvalue weighted by molar-refractivity contribution is -0.157. The normalized spacial score (nSPS) is 20.0. The van der Waals surface area contributed by atoms with Crippen molar-refractivity contribution in [1.29, 1.82) is 0 Å². The maximum absolute atomic E-state index is 12.1. The maximum atomic E-state index is 12.1. The molecule has 1 N–H and O–H groups in total. The SMILES string of the molecule is CC(C)(C)OC(=O)N[C@@H](CC1CO1)C(=O)OC(C)(C)C.[HH]. The van der Waals surface area contributed by atoms with Gasteiger partial charge >= 0.3 is 12.1 Å². The van der Waals surface area contributed by atoms with Gasteiger partial charge < -0.3 is 19.5 Å². The third-order valence-electron chi connectivity index (χ3n) is 2.28. The van der Waals surface area contributed by atoms with Crippen LogP contribution in [0.4, 0.5) is 4.79 Å². The number of hydrogen-bond donors (Lipinski definition) is 1. The molecule has 1 rings (SSSR count). The lowest BCUT2D eigenvalue weighted by atomic mass is 10.1. The van der Waals surface area contributed by atoms with Gasteiger partial charge in [0, 0.05) is 7.85 Å². The minimum atomic E-state index is -0.753. The summed E-state index contributed by atoms with van der Waals surface area (Å²) in [6.07, 6.45) is -0.231. The molecule has 1 amide bonds. The molecule has 0 spiro atoms. The van der Waals surface area contributed by atoms with Crippen LogP contribution in [-0.4, -0.2) is 42.0 Å². The number of carbonyl (C=O) groups is 2. The van der Waals surface area contributed by atoms with E-state index in [1.165, 1.54) is 0 Å². The van der Waals surface area contributed by atoms with Crippen molar-refractivity contribution in [2.24, 2.45) is 0 Å². The number of epoxide rings is 1. The van der Waals surface area contributed by atoms with Gasteiger partial charge in [-0.3, -0.25) is 0 Å². The summed E-state index contributed by atoms with van der Waals surface area (Å²) in [6, 6.07) is -0.753. The number of nitrogens with one attached hydrogen (secondary N) is 1. The Morgan fingerprint density at radius 2 is 1.70 bits per heavy atom. The van der Waals surface area contributed by atoms with E-state index in [0.29, 0.717) is 13.0 Å². The third-order valence-corrected chi connectivity index (χ3v) is 2.28. The Hall–Kier alpha value is -1.30. The molecule has 0 aromatic heterocycles. The lowest BCUT2D eigenvalue weighted by Gasteiger charge is -2.26. The van der Waals surface area contributed by atoms with E-state index in [4.69, 9.17) is 14.2 Å². The van der Waals surface area contributed by atoms with Crippen LogP contribution in [0.25, 0.3) is 0 Å². The fraction of sp³-hybridized carbons (Fsp3) is 0.857. The molecule has 0 aromatic carbocycles. The molecule has 6 heteroatoms. The van der Waals surface area contributed by atoms with Gasteiger partial charge in [-0.25, -0.2) is 9.59 Å². The first-order valence-electron chi connectivity index (χ1n) is 6.80. The van der Waals surface area contributed by atoms with Gasteiger partial charge in [0.25, 0.3) is 0 Å². The number of esters is 1. The van der Waals surface area contributed by atoms with E-state index in [0.717, 1.165) is 0 Å². The summed E-state index contributed by atoms with van der Waals surface area (Å²) in [5.41, 5.74) is -1.21. The van der Waals surface area contributed by atoms with Crippen LogP contribution in [0.3, 0.4) is 0 Å². The van der Waals surface area contributed by atoms with Crippen LogP contribution in [0.15, 0.2) is 0 Å². The number of rotatable bonds is 4. The van der Waals surface area contributed by atoms with Crippen molar-refractivity contribution in [2.45, 2.75) is 71.3 Å². The molecular formula is C14H27NO5. The number of ether oxygens (including phenoxy) is 3. The van der Waals surface area contributed by atoms with Gasteiger partial charge in [-0.05, 0) is 41.5 Å². The van der Waals surface area contributed by atoms with E-state index in [-0.39, 0.29) is 7.53 Å². The zero-order valence-corrected chi connectivity index (χ0v) is 13.1. The summed E-state index contributed by atoms with van der Waals surface area (Å²) in [5, 5.41) is 2.55. The first-order valence-corrected chi connectivity index (χ1v) is 6.80. The first-order chi connectivity index (χ1) is 8.96. The average molecular weight is 289 g/mol. The molecule has 1 aliphatic heterocycles. The Kier molecular flexibility index (Phi) is 5.02. The molecule has 2 atom stereocenters. The van der Waals surface area contributed by atoms with Crippen LogP contribution in [-0.2, 0) is 19.0 Å². The highest BCUT2D eigenvalue weighted by molar-refractivity contribution is 5.81. The molecule has 0 saturated carbocycles. The fourth-order valence-electron chi connectivity index (χ4n) is 1.50. The molecule has 6 nitrogen and oxygen atoms in total. The second-order valence-electron chi connectivity index (χ2n) is 6.92. The third kappa shape index (κ3) is 7.33. The Balaban J connectivity index is 0.00000400. The number of hydrogen-bond acceptors (Lipinski definition) is 5. The van der Waals surface area contributed by atoms with Crippen LogP contribution in [0, 0.1) is 0 Å². The van der Waals surface area contributed by atoms with Crippen molar-refractivity contribution in [2.75, 3.05) is 6.61 Å². The quantitative estimate of drug-likeness (QED) is 0.634. The summed E-state index contributed by atoms with van der Waals surface area (Å²) in [7, 11) is 0. The van der Waals surface area contributed by atoms with Gasteiger partial charge in [0.2, 0.25) is 0 Å². The summed E-state index contributed by atoms with van der Waals surface area (Å²) in [5.74, 6) is -0.473. The monoisotopic (exact) mass is 289 g/mol. The van der Waals surface area contributed by atoms with Crippen LogP contribution >= 0.6 is 0 Å². The number of carbonyl (C=O) groups excluding carboxylic acids is 2. The Morgan fingerprint density at radius 3 is 2.10 bits per heavy atom. The second kappa shape index (κ2) is 5.99. The Labute approximate surface area is 121 Å². The molecule has 118 valence electrons. The first kappa shape index (κ1) is 16.8. The zero-order chi connectivity index (χ0) is 15.6. The number of amides is 1. The molecule has 1 unspecified atom stereocenters. The van der Waals surface area contributed by atoms with Gasteiger partial charge in [0.15, 0.2) is 0 Å². The predicted octanol–water partition coefficient (Wildman–Crippen LogP) is 2.26. The standard InChI is InChI=1S/C14H25NO5.H2/c1-13(2,3)19-11(16)10(7-9-8-18-9)15-12(17)20-14(4,5)6;/h9-10H,7-8H2,1-6H3,(H,15,17);1H/t9?,10-;/m0./s1. The maximum Gasteiger partial charge on any atom is 0.408 e. The summed E-state index contributed by atoms with van der Waals surface area (Å²) < 4.78 is 15.5. The van der Waals surface area contributed by atoms with Crippen LogP contribution < -0.4 is 5.32 Å². The molecular weight excluding hydrogens is 262 g/mol. The summed E-state index contributed by atoms with van der Waals surface area (Å²) >= 11 is 0. The van der Waals surface area contributed by atoms with E-state index in [2.05, 4.69) is 5.32 Å². The van der Waals surface area contributed by atoms with Crippen molar-refractivity contribution in [3.63, 3.8) is 0 Å². The summed E-state index contributed by atoms with van der Waals surface area (Å²) in [6.45, 7) is 11.2. The lowest BCUT2D eigenvalue weighted by Crippen LogP contribution is -2.46.